The topological polar surface area (TPSA) is 64.4 Å². The van der Waals surface area contributed by atoms with Crippen molar-refractivity contribution in [2.24, 2.45) is 11.7 Å². The maximum Gasteiger partial charge on any atom is 0.387 e. The highest BCUT2D eigenvalue weighted by Gasteiger charge is 2.44. The summed E-state index contributed by atoms with van der Waals surface area (Å²) in [7, 11) is 0. The lowest BCUT2D eigenvalue weighted by atomic mass is 9.96. The number of carbonyl (C=O) groups excluding carboxylic acids is 1. The van der Waals surface area contributed by atoms with E-state index in [-0.39, 0.29) is 17.6 Å². The number of anilines is 1. The second-order valence-corrected chi connectivity index (χ2v) is 4.92. The molecule has 1 fully saturated rings. The normalized spacial score (nSPS) is 17.9. The van der Waals surface area contributed by atoms with Crippen LogP contribution in [0.5, 0.6) is 5.75 Å². The van der Waals surface area contributed by atoms with Gasteiger partial charge in [-0.2, -0.15) is 8.78 Å². The van der Waals surface area contributed by atoms with Gasteiger partial charge in [0.2, 0.25) is 5.91 Å². The molecule has 0 aliphatic heterocycles. The number of carbonyl (C=O) groups is 1. The lowest BCUT2D eigenvalue weighted by Gasteiger charge is -2.23. The van der Waals surface area contributed by atoms with Gasteiger partial charge in [0, 0.05) is 11.8 Å². The van der Waals surface area contributed by atoms with Crippen LogP contribution in [0, 0.1) is 5.92 Å². The third-order valence-electron chi connectivity index (χ3n) is 3.23. The lowest BCUT2D eigenvalue weighted by molar-refractivity contribution is -0.121. The predicted molar refractivity (Wildman–Crippen MR) is 67.0 cm³/mol. The van der Waals surface area contributed by atoms with E-state index in [1.807, 2.05) is 0 Å². The summed E-state index contributed by atoms with van der Waals surface area (Å²) in [4.78, 5) is 12.0. The molecule has 0 bridgehead atoms. The fourth-order valence-corrected chi connectivity index (χ4v) is 1.88. The molecule has 0 radical (unpaired) electrons. The van der Waals surface area contributed by atoms with E-state index in [0.717, 1.165) is 12.8 Å². The number of rotatable bonds is 5. The molecule has 4 nitrogen and oxygen atoms in total. The number of alkyl halides is 2. The molecule has 1 atom stereocenters. The van der Waals surface area contributed by atoms with E-state index >= 15 is 0 Å². The molecule has 1 aliphatic carbocycles. The molecule has 0 heterocycles. The fourth-order valence-electron chi connectivity index (χ4n) is 1.88. The number of ether oxygens (including phenoxy) is 1. The average Bonchev–Trinajstić information content (AvgIpc) is 3.12. The van der Waals surface area contributed by atoms with Gasteiger partial charge in [-0.25, -0.2) is 0 Å². The van der Waals surface area contributed by atoms with Crippen LogP contribution >= 0.6 is 0 Å². The van der Waals surface area contributed by atoms with Gasteiger partial charge in [-0.3, -0.25) is 4.79 Å². The van der Waals surface area contributed by atoms with Crippen LogP contribution in [0.4, 0.5) is 14.5 Å². The Balaban J connectivity index is 2.04. The Hall–Kier alpha value is -1.69. The highest BCUT2D eigenvalue weighted by atomic mass is 19.3. The van der Waals surface area contributed by atoms with Gasteiger partial charge in [-0.05, 0) is 37.8 Å². The van der Waals surface area contributed by atoms with Crippen LogP contribution in [0.15, 0.2) is 24.3 Å². The van der Waals surface area contributed by atoms with Gasteiger partial charge < -0.3 is 15.8 Å². The quantitative estimate of drug-likeness (QED) is 0.863. The van der Waals surface area contributed by atoms with Gasteiger partial charge in [0.25, 0.3) is 0 Å². The molecule has 19 heavy (non-hydrogen) atoms. The van der Waals surface area contributed by atoms with E-state index in [1.54, 1.807) is 13.0 Å². The Labute approximate surface area is 109 Å². The maximum absolute atomic E-state index is 12.1. The first-order valence-corrected chi connectivity index (χ1v) is 6.05. The number of nitrogens with two attached hydrogens (primary N) is 1. The van der Waals surface area contributed by atoms with Crippen molar-refractivity contribution >= 4 is 11.6 Å². The molecule has 1 aromatic rings. The third-order valence-corrected chi connectivity index (χ3v) is 3.23. The molecule has 0 spiro atoms. The molecule has 2 rings (SSSR count). The monoisotopic (exact) mass is 270 g/mol. The summed E-state index contributed by atoms with van der Waals surface area (Å²) in [5, 5.41) is 2.63. The molecule has 1 aliphatic rings. The van der Waals surface area contributed by atoms with Gasteiger partial charge in [0.1, 0.15) is 5.75 Å². The number of benzene rings is 1. The van der Waals surface area contributed by atoms with Crippen molar-refractivity contribution in [1.82, 2.24) is 0 Å². The Kier molecular flexibility index (Phi) is 3.71. The van der Waals surface area contributed by atoms with Crippen molar-refractivity contribution in [2.45, 2.75) is 31.9 Å². The minimum atomic E-state index is -2.89. The average molecular weight is 270 g/mol. The Bertz CT molecular complexity index is 473. The summed E-state index contributed by atoms with van der Waals surface area (Å²) in [6, 6.07) is 5.86. The highest BCUT2D eigenvalue weighted by Crippen LogP contribution is 2.38. The van der Waals surface area contributed by atoms with Crippen LogP contribution in [-0.2, 0) is 4.79 Å². The Morgan fingerprint density at radius 1 is 1.53 bits per heavy atom. The van der Waals surface area contributed by atoms with Crippen LogP contribution in [0.3, 0.4) is 0 Å². The van der Waals surface area contributed by atoms with Crippen LogP contribution in [0.1, 0.15) is 19.8 Å². The van der Waals surface area contributed by atoms with Crippen molar-refractivity contribution in [3.8, 4) is 5.75 Å². The minimum absolute atomic E-state index is 0.00190. The van der Waals surface area contributed by atoms with Crippen molar-refractivity contribution < 1.29 is 18.3 Å². The first-order valence-electron chi connectivity index (χ1n) is 6.05. The maximum atomic E-state index is 12.1. The largest absolute Gasteiger partial charge is 0.435 e. The predicted octanol–water partition coefficient (Wildman–Crippen LogP) is 2.35. The number of halogens is 2. The molecular formula is C13H16F2N2O2. The molecular weight excluding hydrogens is 254 g/mol. The van der Waals surface area contributed by atoms with E-state index < -0.39 is 12.2 Å². The zero-order valence-corrected chi connectivity index (χ0v) is 10.5. The fraction of sp³-hybridized carbons (Fsp3) is 0.462. The van der Waals surface area contributed by atoms with Gasteiger partial charge in [-0.15, -0.1) is 0 Å². The molecule has 1 saturated carbocycles. The summed E-state index contributed by atoms with van der Waals surface area (Å²) in [5.41, 5.74) is 5.43. The number of hydrogen-bond acceptors (Lipinski definition) is 3. The van der Waals surface area contributed by atoms with Crippen molar-refractivity contribution in [1.29, 1.82) is 0 Å². The Morgan fingerprint density at radius 2 is 2.21 bits per heavy atom. The van der Waals surface area contributed by atoms with Crippen LogP contribution in [0.25, 0.3) is 0 Å². The second kappa shape index (κ2) is 5.13. The highest BCUT2D eigenvalue weighted by molar-refractivity contribution is 5.98. The molecule has 1 aromatic carbocycles. The molecule has 1 amide bonds. The number of hydrogen-bond donors (Lipinski definition) is 2. The van der Waals surface area contributed by atoms with Gasteiger partial charge >= 0.3 is 6.61 Å². The molecule has 3 N–H and O–H groups in total. The van der Waals surface area contributed by atoms with E-state index in [4.69, 9.17) is 5.73 Å². The van der Waals surface area contributed by atoms with Crippen molar-refractivity contribution in [2.75, 3.05) is 5.32 Å². The molecule has 0 saturated heterocycles. The number of amides is 1. The summed E-state index contributed by atoms with van der Waals surface area (Å²) in [6.45, 7) is -1.21. The summed E-state index contributed by atoms with van der Waals surface area (Å²) in [6.07, 6.45) is 1.88. The zero-order chi connectivity index (χ0) is 14.0. The Morgan fingerprint density at radius 3 is 2.79 bits per heavy atom. The zero-order valence-electron chi connectivity index (χ0n) is 10.5. The van der Waals surface area contributed by atoms with E-state index in [0.29, 0.717) is 5.69 Å². The van der Waals surface area contributed by atoms with Crippen molar-refractivity contribution in [3.05, 3.63) is 24.3 Å². The smallest absolute Gasteiger partial charge is 0.387 e. The number of nitrogens with one attached hydrogen (secondary N) is 1. The first kappa shape index (κ1) is 13.7. The van der Waals surface area contributed by atoms with E-state index in [9.17, 15) is 13.6 Å². The van der Waals surface area contributed by atoms with Gasteiger partial charge in [0.15, 0.2) is 0 Å². The van der Waals surface area contributed by atoms with Crippen molar-refractivity contribution in [3.63, 3.8) is 0 Å². The minimum Gasteiger partial charge on any atom is -0.435 e. The molecule has 0 aromatic heterocycles. The summed E-state index contributed by atoms with van der Waals surface area (Å²) < 4.78 is 28.4. The van der Waals surface area contributed by atoms with E-state index in [1.165, 1.54) is 18.2 Å². The van der Waals surface area contributed by atoms with Crippen LogP contribution in [-0.4, -0.2) is 18.1 Å². The van der Waals surface area contributed by atoms with Crippen LogP contribution in [0.2, 0.25) is 0 Å². The summed E-state index contributed by atoms with van der Waals surface area (Å²) >= 11 is 0. The second-order valence-electron chi connectivity index (χ2n) is 4.92. The molecule has 104 valence electrons. The summed E-state index contributed by atoms with van der Waals surface area (Å²) in [5.74, 6) is -0.129. The SMILES string of the molecule is CC(N)(C(=O)Nc1cccc(OC(F)F)c1)C1CC1. The van der Waals surface area contributed by atoms with E-state index in [2.05, 4.69) is 10.1 Å². The molecule has 6 heteroatoms. The van der Waals surface area contributed by atoms with Gasteiger partial charge in [0.05, 0.1) is 5.54 Å². The standard InChI is InChI=1S/C13H16F2N2O2/c1-13(16,8-5-6-8)11(18)17-9-3-2-4-10(7-9)19-12(14)15/h2-4,7-8,12H,5-6,16H2,1H3,(H,17,18). The van der Waals surface area contributed by atoms with Gasteiger partial charge in [-0.1, -0.05) is 6.07 Å². The first-order chi connectivity index (χ1) is 8.89. The molecule has 1 unspecified atom stereocenters. The third kappa shape index (κ3) is 3.41. The van der Waals surface area contributed by atoms with Crippen LogP contribution < -0.4 is 15.8 Å². The lowest BCUT2D eigenvalue weighted by Crippen LogP contribution is -2.50.